The van der Waals surface area contributed by atoms with Crippen molar-refractivity contribution in [2.24, 2.45) is 0 Å². The molecule has 22 heavy (non-hydrogen) atoms. The molecule has 0 radical (unpaired) electrons. The third kappa shape index (κ3) is 3.00. The summed E-state index contributed by atoms with van der Waals surface area (Å²) < 4.78 is 5.97. The molecule has 2 aliphatic heterocycles. The predicted molar refractivity (Wildman–Crippen MR) is 93.5 cm³/mol. The number of ether oxygens (including phenoxy) is 1. The van der Waals surface area contributed by atoms with Gasteiger partial charge in [0.25, 0.3) is 0 Å². The minimum atomic E-state index is -1.42. The molecule has 0 aromatic carbocycles. The molecule has 2 heterocycles. The largest absolute Gasteiger partial charge is 0.377 e. The fraction of sp³-hybridized carbons (Fsp3) is 0.941. The second-order valence-electron chi connectivity index (χ2n) is 7.97. The summed E-state index contributed by atoms with van der Waals surface area (Å²) in [6.07, 6.45) is 5.34. The second kappa shape index (κ2) is 6.61. The highest BCUT2D eigenvalue weighted by Crippen LogP contribution is 2.40. The van der Waals surface area contributed by atoms with Crippen LogP contribution in [0.3, 0.4) is 0 Å². The summed E-state index contributed by atoms with van der Waals surface area (Å²) in [5.74, 6) is 0.378. The van der Waals surface area contributed by atoms with E-state index in [0.29, 0.717) is 11.9 Å². The highest BCUT2D eigenvalue weighted by atomic mass is 28.3. The zero-order chi connectivity index (χ0) is 16.5. The van der Waals surface area contributed by atoms with Crippen molar-refractivity contribution < 1.29 is 9.53 Å². The van der Waals surface area contributed by atoms with E-state index in [0.717, 1.165) is 45.2 Å². The lowest BCUT2D eigenvalue weighted by molar-refractivity contribution is -0.160. The Labute approximate surface area is 137 Å². The van der Waals surface area contributed by atoms with E-state index in [1.807, 2.05) is 7.11 Å². The van der Waals surface area contributed by atoms with Crippen LogP contribution in [0.5, 0.6) is 0 Å². The quantitative estimate of drug-likeness (QED) is 0.700. The first-order valence-corrected chi connectivity index (χ1v) is 12.5. The van der Waals surface area contributed by atoms with E-state index in [-0.39, 0.29) is 11.1 Å². The zero-order valence-electron chi connectivity index (χ0n) is 15.3. The molecule has 0 unspecified atom stereocenters. The molecule has 2 fully saturated rings. The molecular weight excluding hydrogens is 292 g/mol. The Morgan fingerprint density at radius 1 is 1.18 bits per heavy atom. The summed E-state index contributed by atoms with van der Waals surface area (Å²) in [4.78, 5) is 13.0. The minimum absolute atomic E-state index is 0.117. The number of carbonyl (C=O) groups is 1. The van der Waals surface area contributed by atoms with Gasteiger partial charge in [-0.15, -0.1) is 0 Å². The number of hydrogen-bond acceptors (Lipinski definition) is 3. The lowest BCUT2D eigenvalue weighted by atomic mass is 9.87. The molecule has 2 rings (SSSR count). The van der Waals surface area contributed by atoms with E-state index in [9.17, 15) is 4.79 Å². The Bertz CT molecular complexity index is 396. The lowest BCUT2D eigenvalue weighted by Crippen LogP contribution is -2.57. The molecule has 4 nitrogen and oxygen atoms in total. The molecule has 0 saturated carbocycles. The van der Waals surface area contributed by atoms with Crippen LogP contribution in [-0.2, 0) is 9.53 Å². The maximum atomic E-state index is 13.0. The van der Waals surface area contributed by atoms with Crippen molar-refractivity contribution in [3.8, 4) is 0 Å². The van der Waals surface area contributed by atoms with Gasteiger partial charge in [-0.05, 0) is 32.1 Å². The van der Waals surface area contributed by atoms with Gasteiger partial charge in [-0.3, -0.25) is 9.80 Å². The third-order valence-electron chi connectivity index (χ3n) is 5.97. The van der Waals surface area contributed by atoms with Crippen LogP contribution in [0.1, 0.15) is 46.0 Å². The van der Waals surface area contributed by atoms with E-state index >= 15 is 0 Å². The molecule has 5 heteroatoms. The summed E-state index contributed by atoms with van der Waals surface area (Å²) in [6, 6.07) is 0.344. The van der Waals surface area contributed by atoms with Crippen molar-refractivity contribution in [2.75, 3.05) is 20.2 Å². The monoisotopic (exact) mass is 326 g/mol. The van der Waals surface area contributed by atoms with Gasteiger partial charge in [-0.1, -0.05) is 33.5 Å². The van der Waals surface area contributed by atoms with Crippen molar-refractivity contribution >= 4 is 14.0 Å². The Morgan fingerprint density at radius 2 is 1.82 bits per heavy atom. The summed E-state index contributed by atoms with van der Waals surface area (Å²) >= 11 is 0. The summed E-state index contributed by atoms with van der Waals surface area (Å²) in [5.41, 5.74) is 0.169. The molecule has 0 N–H and O–H groups in total. The van der Waals surface area contributed by atoms with Crippen molar-refractivity contribution in [3.63, 3.8) is 0 Å². The van der Waals surface area contributed by atoms with E-state index in [1.165, 1.54) is 0 Å². The lowest BCUT2D eigenvalue weighted by Gasteiger charge is -2.44. The number of hydrazine groups is 1. The number of rotatable bonds is 6. The normalized spacial score (nSPS) is 27.9. The molecule has 1 amide bonds. The molecule has 0 aromatic heterocycles. The van der Waals surface area contributed by atoms with E-state index in [1.54, 1.807) is 0 Å². The Kier molecular flexibility index (Phi) is 5.40. The number of hydrogen-bond donors (Lipinski definition) is 0. The van der Waals surface area contributed by atoms with Gasteiger partial charge < -0.3 is 4.74 Å². The fourth-order valence-corrected chi connectivity index (χ4v) is 6.33. The summed E-state index contributed by atoms with van der Waals surface area (Å²) in [7, 11) is 0.412. The van der Waals surface area contributed by atoms with Crippen LogP contribution in [0.25, 0.3) is 0 Å². The van der Waals surface area contributed by atoms with Crippen LogP contribution in [0.2, 0.25) is 25.2 Å². The SMILES string of the molecule is CCC(CC)(OC)[C@@H]1CCCN1N1CC[C@H]([Si](C)(C)C)C1=O. The van der Waals surface area contributed by atoms with Crippen LogP contribution in [0.15, 0.2) is 0 Å². The van der Waals surface area contributed by atoms with Crippen LogP contribution < -0.4 is 0 Å². The van der Waals surface area contributed by atoms with E-state index in [4.69, 9.17) is 4.74 Å². The van der Waals surface area contributed by atoms with Crippen molar-refractivity contribution in [3.05, 3.63) is 0 Å². The van der Waals surface area contributed by atoms with Gasteiger partial charge in [0, 0.05) is 25.7 Å². The highest BCUT2D eigenvalue weighted by molar-refractivity contribution is 6.80. The maximum Gasteiger partial charge on any atom is 0.237 e. The standard InChI is InChI=1S/C17H34N2O2Si/c1-7-17(8-2,21-3)15-10-9-12-18(15)19-13-11-14(16(19)20)22(4,5)6/h14-15H,7-13H2,1-6H3/t14-,15-/m0/s1. The van der Waals surface area contributed by atoms with E-state index in [2.05, 4.69) is 43.5 Å². The molecule has 2 saturated heterocycles. The molecular formula is C17H34N2O2Si. The second-order valence-corrected chi connectivity index (χ2v) is 13.4. The number of carbonyl (C=O) groups excluding carboxylic acids is 1. The molecule has 0 spiro atoms. The Balaban J connectivity index is 2.20. The summed E-state index contributed by atoms with van der Waals surface area (Å²) in [5, 5.41) is 4.44. The van der Waals surface area contributed by atoms with Gasteiger partial charge in [0.1, 0.15) is 0 Å². The van der Waals surface area contributed by atoms with Crippen molar-refractivity contribution in [1.82, 2.24) is 10.0 Å². The first-order chi connectivity index (χ1) is 10.3. The average molecular weight is 327 g/mol. The van der Waals surface area contributed by atoms with Crippen LogP contribution in [-0.4, -0.2) is 55.8 Å². The average Bonchev–Trinajstić information content (AvgIpc) is 3.07. The van der Waals surface area contributed by atoms with Gasteiger partial charge in [0.05, 0.1) is 19.7 Å². The third-order valence-corrected chi connectivity index (χ3v) is 8.60. The fourth-order valence-electron chi connectivity index (χ4n) is 4.44. The Hall–Kier alpha value is -0.393. The molecule has 0 aliphatic carbocycles. The smallest absolute Gasteiger partial charge is 0.237 e. The Morgan fingerprint density at radius 3 is 2.27 bits per heavy atom. The van der Waals surface area contributed by atoms with Gasteiger partial charge in [0.2, 0.25) is 5.91 Å². The zero-order valence-corrected chi connectivity index (χ0v) is 16.3. The van der Waals surface area contributed by atoms with Crippen LogP contribution in [0, 0.1) is 0 Å². The summed E-state index contributed by atoms with van der Waals surface area (Å²) in [6.45, 7) is 13.3. The predicted octanol–water partition coefficient (Wildman–Crippen LogP) is 3.51. The molecule has 128 valence electrons. The molecule has 0 aromatic rings. The number of methoxy groups -OCH3 is 1. The van der Waals surface area contributed by atoms with Gasteiger partial charge in [-0.2, -0.15) is 0 Å². The van der Waals surface area contributed by atoms with Crippen LogP contribution in [0.4, 0.5) is 0 Å². The van der Waals surface area contributed by atoms with E-state index < -0.39 is 8.07 Å². The number of amides is 1. The maximum absolute atomic E-state index is 13.0. The molecule has 0 bridgehead atoms. The first-order valence-electron chi connectivity index (χ1n) is 8.93. The molecule has 2 aliphatic rings. The highest BCUT2D eigenvalue weighted by Gasteiger charge is 2.49. The van der Waals surface area contributed by atoms with Crippen molar-refractivity contribution in [1.29, 1.82) is 0 Å². The van der Waals surface area contributed by atoms with Gasteiger partial charge in [-0.25, -0.2) is 5.01 Å². The number of nitrogens with zero attached hydrogens (tertiary/aromatic N) is 2. The van der Waals surface area contributed by atoms with Gasteiger partial charge in [0.15, 0.2) is 0 Å². The first kappa shape index (κ1) is 18.0. The molecule has 2 atom stereocenters. The van der Waals surface area contributed by atoms with Crippen LogP contribution >= 0.6 is 0 Å². The van der Waals surface area contributed by atoms with Gasteiger partial charge >= 0.3 is 0 Å². The topological polar surface area (TPSA) is 32.8 Å². The van der Waals surface area contributed by atoms with Crippen molar-refractivity contribution in [2.45, 2.75) is 82.8 Å². The minimum Gasteiger partial charge on any atom is -0.377 e.